The van der Waals surface area contributed by atoms with Crippen molar-refractivity contribution < 1.29 is 23.9 Å². The van der Waals surface area contributed by atoms with Crippen LogP contribution in [0.2, 0.25) is 0 Å². The molecule has 0 saturated heterocycles. The predicted octanol–water partition coefficient (Wildman–Crippen LogP) is 4.49. The van der Waals surface area contributed by atoms with E-state index in [1.807, 2.05) is 105 Å². The van der Waals surface area contributed by atoms with Crippen LogP contribution in [-0.2, 0) is 19.1 Å². The molecule has 0 spiro atoms. The Bertz CT molecular complexity index is 1180. The summed E-state index contributed by atoms with van der Waals surface area (Å²) in [5, 5.41) is 8.10. The van der Waals surface area contributed by atoms with Crippen molar-refractivity contribution in [1.29, 1.82) is 0 Å². The molecule has 3 aromatic carbocycles. The van der Waals surface area contributed by atoms with Crippen LogP contribution >= 0.6 is 17.2 Å². The zero-order valence-electron chi connectivity index (χ0n) is 23.4. The minimum absolute atomic E-state index is 0.0122. The van der Waals surface area contributed by atoms with E-state index >= 15 is 0 Å². The number of carbonyl (C=O) groups is 3. The normalized spacial score (nSPS) is 13.8. The third-order valence-corrected chi connectivity index (χ3v) is 14.3. The van der Waals surface area contributed by atoms with Crippen LogP contribution in [0.25, 0.3) is 0 Å². The van der Waals surface area contributed by atoms with Gasteiger partial charge >= 0.3 is 242 Å². The fourth-order valence-electron chi connectivity index (χ4n) is 4.77. The van der Waals surface area contributed by atoms with Crippen LogP contribution in [0.1, 0.15) is 27.2 Å². The summed E-state index contributed by atoms with van der Waals surface area (Å²) in [4.78, 5) is 37.6. The number of benzene rings is 3. The molecule has 0 aliphatic rings. The molecule has 40 heavy (non-hydrogen) atoms. The topological polar surface area (TPSA) is 93.7 Å². The second-order valence-electron chi connectivity index (χ2n) is 10.1. The number of hydrogen-bond acceptors (Lipinski definition) is 5. The van der Waals surface area contributed by atoms with E-state index in [2.05, 4.69) is 10.6 Å². The fourth-order valence-corrected chi connectivity index (χ4v) is 10.5. The molecule has 2 unspecified atom stereocenters. The molecular formula is C31H38ClN2O5P. The average Bonchev–Trinajstić information content (AvgIpc) is 2.97. The molecule has 0 aliphatic carbocycles. The monoisotopic (exact) mass is 584 g/mol. The van der Waals surface area contributed by atoms with Crippen LogP contribution in [-0.4, -0.2) is 49.9 Å². The van der Waals surface area contributed by atoms with Gasteiger partial charge in [-0.15, -0.1) is 0 Å². The Hall–Kier alpha value is -3.41. The number of hydrogen-bond donors (Lipinski definition) is 2. The number of amides is 2. The number of nitrogens with one attached hydrogen (secondary N) is 2. The van der Waals surface area contributed by atoms with Gasteiger partial charge in [0, 0.05) is 0 Å². The van der Waals surface area contributed by atoms with E-state index in [0.717, 1.165) is 15.9 Å². The zero-order chi connectivity index (χ0) is 29.2. The van der Waals surface area contributed by atoms with Crippen molar-refractivity contribution in [2.75, 3.05) is 19.9 Å². The van der Waals surface area contributed by atoms with E-state index in [1.165, 1.54) is 14.0 Å². The second kappa shape index (κ2) is 13.8. The van der Waals surface area contributed by atoms with Gasteiger partial charge in [0.1, 0.15) is 0 Å². The molecule has 0 radical (unpaired) electrons. The molecule has 2 N–H and O–H groups in total. The summed E-state index contributed by atoms with van der Waals surface area (Å²) in [6.07, 6.45) is 0.00607. The van der Waals surface area contributed by atoms with Crippen LogP contribution in [0, 0.1) is 5.92 Å². The maximum absolute atomic E-state index is 12.8. The third kappa shape index (κ3) is 7.01. The van der Waals surface area contributed by atoms with Crippen molar-refractivity contribution in [3.05, 3.63) is 91.0 Å². The summed E-state index contributed by atoms with van der Waals surface area (Å²) in [6, 6.07) is 28.0. The van der Waals surface area contributed by atoms with E-state index in [9.17, 15) is 14.4 Å². The molecule has 3 aromatic rings. The summed E-state index contributed by atoms with van der Waals surface area (Å²) in [5.41, 5.74) is 0. The van der Waals surface area contributed by atoms with E-state index in [1.54, 1.807) is 0 Å². The van der Waals surface area contributed by atoms with Crippen molar-refractivity contribution >= 4 is 51.1 Å². The number of esters is 1. The third-order valence-electron chi connectivity index (χ3n) is 6.86. The standard InChI is InChI=1S/C31H38ClN2O5P/c1-23(2)22-28(30(36)38-4)34-29(35)24(3)33-31(37)39-20-21-40(32,25-14-8-5-9-15-25,26-16-10-6-11-17-26)27-18-12-7-13-19-27/h5-19,23-24,28H,20-22H2,1-4H3,(H,33,37)(H,34,35). The van der Waals surface area contributed by atoms with E-state index in [0.29, 0.717) is 12.6 Å². The summed E-state index contributed by atoms with van der Waals surface area (Å²) in [7, 11) is 1.27. The molecule has 7 nitrogen and oxygen atoms in total. The summed E-state index contributed by atoms with van der Waals surface area (Å²) < 4.78 is 10.4. The van der Waals surface area contributed by atoms with Crippen molar-refractivity contribution in [2.45, 2.75) is 39.3 Å². The second-order valence-corrected chi connectivity index (χ2v) is 16.7. The summed E-state index contributed by atoms with van der Waals surface area (Å²) >= 11 is 7.97. The Kier molecular flexibility index (Phi) is 10.7. The molecule has 214 valence electrons. The maximum atomic E-state index is 12.8. The van der Waals surface area contributed by atoms with Gasteiger partial charge in [0.15, 0.2) is 0 Å². The average molecular weight is 585 g/mol. The first-order chi connectivity index (χ1) is 19.1. The number of halogens is 1. The van der Waals surface area contributed by atoms with Crippen molar-refractivity contribution in [1.82, 2.24) is 10.6 Å². The Balaban J connectivity index is 1.79. The summed E-state index contributed by atoms with van der Waals surface area (Å²) in [6.45, 7) is 5.42. The Labute approximate surface area is 241 Å². The van der Waals surface area contributed by atoms with Crippen LogP contribution in [0.4, 0.5) is 4.79 Å². The number of ether oxygens (including phenoxy) is 2. The van der Waals surface area contributed by atoms with Gasteiger partial charge in [-0.25, -0.2) is 0 Å². The first-order valence-corrected chi connectivity index (χ1v) is 16.6. The van der Waals surface area contributed by atoms with Crippen molar-refractivity contribution in [3.8, 4) is 0 Å². The SMILES string of the molecule is COC(=O)C(CC(C)C)NC(=O)C(C)NC(=O)OCCP(Cl)(c1ccccc1)(c1ccccc1)c1ccccc1. The molecule has 0 aromatic heterocycles. The van der Waals surface area contributed by atoms with Gasteiger partial charge in [-0.1, -0.05) is 0 Å². The molecule has 0 saturated carbocycles. The van der Waals surface area contributed by atoms with E-state index < -0.39 is 36.0 Å². The molecule has 2 atom stereocenters. The van der Waals surface area contributed by atoms with Gasteiger partial charge in [-0.05, 0) is 0 Å². The molecular weight excluding hydrogens is 547 g/mol. The van der Waals surface area contributed by atoms with Gasteiger partial charge in [0.25, 0.3) is 0 Å². The fraction of sp³-hybridized carbons (Fsp3) is 0.323. The minimum atomic E-state index is -3.59. The first kappa shape index (κ1) is 31.1. The van der Waals surface area contributed by atoms with Gasteiger partial charge in [-0.2, -0.15) is 0 Å². The molecule has 0 bridgehead atoms. The molecule has 9 heteroatoms. The van der Waals surface area contributed by atoms with E-state index in [-0.39, 0.29) is 12.5 Å². The van der Waals surface area contributed by atoms with Gasteiger partial charge in [0.05, 0.1) is 0 Å². The van der Waals surface area contributed by atoms with Gasteiger partial charge in [-0.3, -0.25) is 0 Å². The van der Waals surface area contributed by atoms with Crippen molar-refractivity contribution in [3.63, 3.8) is 0 Å². The van der Waals surface area contributed by atoms with Crippen LogP contribution < -0.4 is 26.5 Å². The van der Waals surface area contributed by atoms with Crippen LogP contribution in [0.5, 0.6) is 0 Å². The molecule has 2 amide bonds. The number of carbonyl (C=O) groups excluding carboxylic acids is 3. The molecule has 0 fully saturated rings. The van der Waals surface area contributed by atoms with Crippen molar-refractivity contribution in [2.24, 2.45) is 5.92 Å². The quantitative estimate of drug-likeness (QED) is 0.242. The molecule has 0 heterocycles. The number of methoxy groups -OCH3 is 1. The molecule has 3 rings (SSSR count). The number of alkyl carbamates (subject to hydrolysis) is 1. The first-order valence-electron chi connectivity index (χ1n) is 13.3. The predicted molar refractivity (Wildman–Crippen MR) is 163 cm³/mol. The van der Waals surface area contributed by atoms with Crippen LogP contribution in [0.3, 0.4) is 0 Å². The van der Waals surface area contributed by atoms with E-state index in [4.69, 9.17) is 20.7 Å². The Morgan fingerprint density at radius 2 is 1.23 bits per heavy atom. The molecule has 0 aliphatic heterocycles. The Morgan fingerprint density at radius 1 is 0.775 bits per heavy atom. The zero-order valence-corrected chi connectivity index (χ0v) is 25.0. The van der Waals surface area contributed by atoms with Gasteiger partial charge < -0.3 is 0 Å². The Morgan fingerprint density at radius 3 is 1.62 bits per heavy atom. The summed E-state index contributed by atoms with van der Waals surface area (Å²) in [5.74, 6) is -4.48. The van der Waals surface area contributed by atoms with Gasteiger partial charge in [0.2, 0.25) is 0 Å². The van der Waals surface area contributed by atoms with Crippen LogP contribution in [0.15, 0.2) is 91.0 Å². The number of rotatable bonds is 12.